The molecule has 0 radical (unpaired) electrons. The molecular formula is C16H28BrNS. The van der Waals surface area contributed by atoms with Crippen molar-refractivity contribution in [2.24, 2.45) is 11.3 Å². The van der Waals surface area contributed by atoms with E-state index in [0.717, 1.165) is 6.54 Å². The van der Waals surface area contributed by atoms with Gasteiger partial charge >= 0.3 is 0 Å². The molecule has 2 atom stereocenters. The fourth-order valence-electron chi connectivity index (χ4n) is 1.98. The molecule has 1 nitrogen and oxygen atoms in total. The molecule has 0 aliphatic heterocycles. The van der Waals surface area contributed by atoms with Crippen molar-refractivity contribution in [3.8, 4) is 0 Å². The second kappa shape index (κ2) is 7.24. The number of hydrogen-bond acceptors (Lipinski definition) is 2. The van der Waals surface area contributed by atoms with E-state index < -0.39 is 0 Å². The van der Waals surface area contributed by atoms with E-state index in [1.165, 1.54) is 27.1 Å². The summed E-state index contributed by atoms with van der Waals surface area (Å²) in [4.78, 5) is 2.84. The lowest BCUT2D eigenvalue weighted by Crippen LogP contribution is -2.27. The third-order valence-electron chi connectivity index (χ3n) is 3.93. The van der Waals surface area contributed by atoms with E-state index in [0.29, 0.717) is 17.4 Å². The summed E-state index contributed by atoms with van der Waals surface area (Å²) in [6.45, 7) is 14.9. The molecule has 0 saturated carbocycles. The highest BCUT2D eigenvalue weighted by Crippen LogP contribution is 2.37. The van der Waals surface area contributed by atoms with Crippen LogP contribution in [0.2, 0.25) is 0 Å². The lowest BCUT2D eigenvalue weighted by atomic mass is 9.78. The lowest BCUT2D eigenvalue weighted by molar-refractivity contribution is 0.224. The van der Waals surface area contributed by atoms with Gasteiger partial charge in [-0.2, -0.15) is 0 Å². The molecule has 0 spiro atoms. The second-order valence-electron chi connectivity index (χ2n) is 6.56. The number of thiophene rings is 1. The molecule has 0 fully saturated rings. The van der Waals surface area contributed by atoms with Crippen LogP contribution in [0.5, 0.6) is 0 Å². The van der Waals surface area contributed by atoms with Gasteiger partial charge in [-0.1, -0.05) is 34.6 Å². The molecule has 1 rings (SSSR count). The second-order valence-corrected chi connectivity index (χ2v) is 8.70. The van der Waals surface area contributed by atoms with Gasteiger partial charge < -0.3 is 5.32 Å². The van der Waals surface area contributed by atoms with Crippen LogP contribution in [-0.2, 0) is 0 Å². The lowest BCUT2D eigenvalue weighted by Gasteiger charge is -2.31. The maximum atomic E-state index is 3.72. The molecular weight excluding hydrogens is 318 g/mol. The van der Waals surface area contributed by atoms with E-state index in [-0.39, 0.29) is 0 Å². The van der Waals surface area contributed by atoms with Crippen molar-refractivity contribution < 1.29 is 0 Å². The van der Waals surface area contributed by atoms with E-state index in [1.807, 2.05) is 11.3 Å². The van der Waals surface area contributed by atoms with Crippen molar-refractivity contribution in [2.75, 3.05) is 6.54 Å². The normalized spacial score (nSPS) is 15.5. The maximum Gasteiger partial charge on any atom is 0.0418 e. The standard InChI is InChI=1S/C16H28BrNS/c1-7-8-18-14(9-11(2)16(4,5)6)15-10-13(17)12(3)19-15/h10-11,14,18H,7-9H2,1-6H3. The number of rotatable bonds is 6. The number of nitrogens with one attached hydrogen (secondary N) is 1. The predicted molar refractivity (Wildman–Crippen MR) is 91.0 cm³/mol. The van der Waals surface area contributed by atoms with Crippen LogP contribution in [-0.4, -0.2) is 6.54 Å². The first kappa shape index (κ1) is 17.2. The summed E-state index contributed by atoms with van der Waals surface area (Å²) in [5.41, 5.74) is 0.371. The smallest absolute Gasteiger partial charge is 0.0418 e. The Kier molecular flexibility index (Phi) is 6.55. The van der Waals surface area contributed by atoms with Crippen molar-refractivity contribution in [1.29, 1.82) is 0 Å². The van der Waals surface area contributed by atoms with Crippen molar-refractivity contribution in [1.82, 2.24) is 5.32 Å². The van der Waals surface area contributed by atoms with Crippen LogP contribution in [0.3, 0.4) is 0 Å². The van der Waals surface area contributed by atoms with E-state index >= 15 is 0 Å². The number of aryl methyl sites for hydroxylation is 1. The first-order valence-corrected chi connectivity index (χ1v) is 8.85. The average Bonchev–Trinajstić information content (AvgIpc) is 2.63. The van der Waals surface area contributed by atoms with Crippen molar-refractivity contribution in [2.45, 2.75) is 60.4 Å². The molecule has 0 aliphatic rings. The Morgan fingerprint density at radius 3 is 2.42 bits per heavy atom. The van der Waals surface area contributed by atoms with Gasteiger partial charge in [0.05, 0.1) is 0 Å². The Morgan fingerprint density at radius 1 is 1.37 bits per heavy atom. The van der Waals surface area contributed by atoms with Crippen LogP contribution >= 0.6 is 27.3 Å². The van der Waals surface area contributed by atoms with Crippen molar-refractivity contribution >= 4 is 27.3 Å². The van der Waals surface area contributed by atoms with Gasteiger partial charge in [0.15, 0.2) is 0 Å². The fraction of sp³-hybridized carbons (Fsp3) is 0.750. The van der Waals surface area contributed by atoms with Crippen LogP contribution in [0.25, 0.3) is 0 Å². The minimum atomic E-state index is 0.371. The van der Waals surface area contributed by atoms with Crippen LogP contribution < -0.4 is 5.32 Å². The molecule has 0 aromatic carbocycles. The zero-order valence-electron chi connectivity index (χ0n) is 13.1. The number of halogens is 1. The van der Waals surface area contributed by atoms with Crippen LogP contribution in [0.15, 0.2) is 10.5 Å². The van der Waals surface area contributed by atoms with Gasteiger partial charge in [0.25, 0.3) is 0 Å². The van der Waals surface area contributed by atoms with Crippen LogP contribution in [0, 0.1) is 18.3 Å². The Labute approximate surface area is 131 Å². The van der Waals surface area contributed by atoms with Crippen LogP contribution in [0.1, 0.15) is 63.3 Å². The van der Waals surface area contributed by atoms with E-state index in [4.69, 9.17) is 0 Å². The molecule has 3 heteroatoms. The summed E-state index contributed by atoms with van der Waals surface area (Å²) in [7, 11) is 0. The number of hydrogen-bond donors (Lipinski definition) is 1. The highest BCUT2D eigenvalue weighted by Gasteiger charge is 2.25. The Bertz CT molecular complexity index is 372. The van der Waals surface area contributed by atoms with Gasteiger partial charge in [0, 0.05) is 20.3 Å². The first-order valence-electron chi connectivity index (χ1n) is 7.25. The van der Waals surface area contributed by atoms with Crippen molar-refractivity contribution in [3.63, 3.8) is 0 Å². The fourth-order valence-corrected chi connectivity index (χ4v) is 3.63. The van der Waals surface area contributed by atoms with Gasteiger partial charge in [-0.05, 0) is 59.6 Å². The molecule has 1 heterocycles. The summed E-state index contributed by atoms with van der Waals surface area (Å²) in [6.07, 6.45) is 2.39. The van der Waals surface area contributed by atoms with Gasteiger partial charge in [0.2, 0.25) is 0 Å². The highest BCUT2D eigenvalue weighted by atomic mass is 79.9. The third kappa shape index (κ3) is 5.20. The average molecular weight is 346 g/mol. The van der Waals surface area contributed by atoms with Gasteiger partial charge in [-0.25, -0.2) is 0 Å². The third-order valence-corrected chi connectivity index (χ3v) is 6.18. The van der Waals surface area contributed by atoms with E-state index in [1.54, 1.807) is 0 Å². The topological polar surface area (TPSA) is 12.0 Å². The van der Waals surface area contributed by atoms with Crippen molar-refractivity contribution in [3.05, 3.63) is 20.3 Å². The van der Waals surface area contributed by atoms with Gasteiger partial charge in [0.1, 0.15) is 0 Å². The highest BCUT2D eigenvalue weighted by molar-refractivity contribution is 9.10. The quantitative estimate of drug-likeness (QED) is 0.673. The largest absolute Gasteiger partial charge is 0.309 e. The zero-order chi connectivity index (χ0) is 14.6. The molecule has 19 heavy (non-hydrogen) atoms. The molecule has 0 aliphatic carbocycles. The molecule has 0 saturated heterocycles. The molecule has 1 aromatic heterocycles. The molecule has 1 N–H and O–H groups in total. The molecule has 1 aromatic rings. The Balaban J connectivity index is 2.82. The Morgan fingerprint density at radius 2 is 2.00 bits per heavy atom. The molecule has 0 bridgehead atoms. The minimum Gasteiger partial charge on any atom is -0.309 e. The summed E-state index contributed by atoms with van der Waals surface area (Å²) in [5.74, 6) is 0.697. The summed E-state index contributed by atoms with van der Waals surface area (Å²) in [6, 6.07) is 2.78. The molecule has 110 valence electrons. The monoisotopic (exact) mass is 345 g/mol. The molecule has 0 amide bonds. The minimum absolute atomic E-state index is 0.371. The summed E-state index contributed by atoms with van der Waals surface area (Å²) < 4.78 is 1.25. The van der Waals surface area contributed by atoms with E-state index in [9.17, 15) is 0 Å². The molecule has 2 unspecified atom stereocenters. The predicted octanol–water partition coefficient (Wildman–Crippen LogP) is 5.93. The van der Waals surface area contributed by atoms with Gasteiger partial charge in [-0.15, -0.1) is 11.3 Å². The summed E-state index contributed by atoms with van der Waals surface area (Å²) in [5, 5.41) is 3.72. The maximum absolute atomic E-state index is 3.72. The zero-order valence-corrected chi connectivity index (χ0v) is 15.5. The Hall–Kier alpha value is 0.140. The van der Waals surface area contributed by atoms with E-state index in [2.05, 4.69) is 68.9 Å². The SMILES string of the molecule is CCCNC(CC(C)C(C)(C)C)c1cc(Br)c(C)s1. The summed E-state index contributed by atoms with van der Waals surface area (Å²) >= 11 is 5.56. The van der Waals surface area contributed by atoms with Gasteiger partial charge in [-0.3, -0.25) is 0 Å². The van der Waals surface area contributed by atoms with Crippen LogP contribution in [0.4, 0.5) is 0 Å². The first-order chi connectivity index (χ1) is 8.75.